The van der Waals surface area contributed by atoms with E-state index in [4.69, 9.17) is 30.8 Å². The number of benzene rings is 4. The summed E-state index contributed by atoms with van der Waals surface area (Å²) in [6, 6.07) is 43.0. The van der Waals surface area contributed by atoms with Gasteiger partial charge in [0.1, 0.15) is 34.4 Å². The molecule has 4 N–H and O–H groups in total. The van der Waals surface area contributed by atoms with Crippen LogP contribution in [0.15, 0.2) is 197 Å². The van der Waals surface area contributed by atoms with Crippen molar-refractivity contribution < 1.29 is 19.5 Å². The Hall–Kier alpha value is -7.26. The Balaban J connectivity index is 0.000000144. The van der Waals surface area contributed by atoms with Gasteiger partial charge >= 0.3 is 7.12 Å². The van der Waals surface area contributed by atoms with Crippen molar-refractivity contribution in [2.75, 3.05) is 0 Å². The molecule has 1 fully saturated rings. The Bertz CT molecular complexity index is 3190. The van der Waals surface area contributed by atoms with Crippen molar-refractivity contribution in [1.82, 2.24) is 19.9 Å². The zero-order chi connectivity index (χ0) is 47.7. The molecule has 3 aliphatic heterocycles. The van der Waals surface area contributed by atoms with Gasteiger partial charge in [0.05, 0.1) is 23.6 Å². The van der Waals surface area contributed by atoms with Gasteiger partial charge < -0.3 is 20.8 Å². The van der Waals surface area contributed by atoms with Crippen LogP contribution < -0.4 is 16.9 Å². The van der Waals surface area contributed by atoms with Crippen LogP contribution >= 0.6 is 15.9 Å². The number of hydrogen-bond acceptors (Lipinski definition) is 10. The summed E-state index contributed by atoms with van der Waals surface area (Å²) in [5.41, 5.74) is 20.6. The van der Waals surface area contributed by atoms with Gasteiger partial charge in [-0.25, -0.2) is 18.8 Å². The number of hydrogen-bond donors (Lipinski definition) is 2. The van der Waals surface area contributed by atoms with Crippen LogP contribution in [-0.4, -0.2) is 49.9 Å². The summed E-state index contributed by atoms with van der Waals surface area (Å²) in [5.74, 6) is 0.310. The lowest BCUT2D eigenvalue weighted by molar-refractivity contribution is 0.00578. The molecule has 2 atom stereocenters. The van der Waals surface area contributed by atoms with Gasteiger partial charge in [0, 0.05) is 65.2 Å². The molecule has 10 nitrogen and oxygen atoms in total. The van der Waals surface area contributed by atoms with Crippen LogP contribution in [0.1, 0.15) is 73.6 Å². The molecule has 3 aliphatic rings. The Morgan fingerprint density at radius 3 is 1.50 bits per heavy atom. The maximum absolute atomic E-state index is 13.7. The van der Waals surface area contributed by atoms with Crippen molar-refractivity contribution in [2.45, 2.75) is 50.0 Å². The molecule has 11 rings (SSSR count). The Morgan fingerprint density at radius 1 is 0.500 bits per heavy atom. The minimum Gasteiger partial charge on any atom is -0.399 e. The molecule has 14 heteroatoms. The molecule has 4 aromatic heterocycles. The fourth-order valence-corrected chi connectivity index (χ4v) is 9.19. The molecule has 0 radical (unpaired) electrons. The monoisotopic (exact) mass is 969 g/mol. The van der Waals surface area contributed by atoms with Crippen molar-refractivity contribution in [3.05, 3.63) is 244 Å². The lowest BCUT2D eigenvalue weighted by Gasteiger charge is -2.32. The number of aliphatic imine (C=N–C) groups is 2. The number of nitrogens with zero attached hydrogens (tertiary/aromatic N) is 6. The Morgan fingerprint density at radius 2 is 0.985 bits per heavy atom. The third-order valence-electron chi connectivity index (χ3n) is 12.8. The average molecular weight is 971 g/mol. The second kappa shape index (κ2) is 18.4. The zero-order valence-corrected chi connectivity index (χ0v) is 39.3. The SMILES string of the molecule is CC1(C)OB(c2cncc(F)c2)OC1(C)C.NC1=NC(c2ccncc2)(c2cccc(-c3cncc(F)c3)c2)c2ccccc21.NC1=NC(c2ccncc2)(c2cccc(Br)c2)c2ccccc21.[2HH]. The predicted octanol–water partition coefficient (Wildman–Crippen LogP) is 9.91. The standard InChI is InChI=1S/C24H17FN4.C19H14BrN3.C11H15BFNO2.H2/c25-20-13-17(14-28-15-20)16-4-3-5-19(12-16)24(18-8-10-27-11-9-18)22-7-2-1-6-21(22)23(26)29-24;20-15-5-3-4-14(12-15)19(13-8-10-22-11-9-13)17-7-2-1-6-16(17)18(21)23-19;1-10(2)11(3,4)16-12(15-10)8-5-9(13)7-14-6-8;/h1-15H,(H2,26,29);1-12H,(H2,21,23);5-7H,1-4H3;1H/i;;;1+1. The molecule has 0 amide bonds. The van der Waals surface area contributed by atoms with Gasteiger partial charge in [0.15, 0.2) is 0 Å². The second-order valence-corrected chi connectivity index (χ2v) is 18.4. The molecular formula is C54H48BBrF2N8O2. The van der Waals surface area contributed by atoms with Crippen LogP contribution in [0.25, 0.3) is 11.1 Å². The molecule has 0 saturated carbocycles. The number of nitrogens with two attached hydrogens (primary N) is 2. The molecule has 0 aliphatic carbocycles. The average Bonchev–Trinajstić information content (AvgIpc) is 3.92. The lowest BCUT2D eigenvalue weighted by atomic mass is 9.77. The van der Waals surface area contributed by atoms with E-state index in [-0.39, 0.29) is 13.1 Å². The topological polar surface area (TPSA) is 147 Å². The number of pyridine rings is 4. The summed E-state index contributed by atoms with van der Waals surface area (Å²) in [5, 5.41) is 0. The lowest BCUT2D eigenvalue weighted by Crippen LogP contribution is -2.41. The number of fused-ring (bicyclic) bond motifs is 2. The van der Waals surface area contributed by atoms with Crippen LogP contribution in [0.4, 0.5) is 8.78 Å². The minimum atomic E-state index is -0.791. The van der Waals surface area contributed by atoms with Crippen molar-refractivity contribution in [2.24, 2.45) is 21.5 Å². The molecule has 7 heterocycles. The van der Waals surface area contributed by atoms with Gasteiger partial charge in [-0.3, -0.25) is 19.9 Å². The first-order valence-electron chi connectivity index (χ1n) is 21.9. The van der Waals surface area contributed by atoms with Crippen molar-refractivity contribution in [3.8, 4) is 11.1 Å². The third-order valence-corrected chi connectivity index (χ3v) is 13.3. The molecule has 340 valence electrons. The largest absolute Gasteiger partial charge is 0.496 e. The van der Waals surface area contributed by atoms with Gasteiger partial charge in [-0.1, -0.05) is 94.8 Å². The molecule has 0 spiro atoms. The highest BCUT2D eigenvalue weighted by atomic mass is 79.9. The fourth-order valence-electron chi connectivity index (χ4n) is 8.79. The highest BCUT2D eigenvalue weighted by Gasteiger charge is 2.52. The minimum absolute atomic E-state index is 0. The first kappa shape index (κ1) is 45.9. The van der Waals surface area contributed by atoms with Crippen LogP contribution in [0.2, 0.25) is 0 Å². The van der Waals surface area contributed by atoms with Crippen molar-refractivity contribution in [1.29, 1.82) is 0 Å². The second-order valence-electron chi connectivity index (χ2n) is 17.5. The van der Waals surface area contributed by atoms with E-state index in [9.17, 15) is 8.78 Å². The molecule has 0 bridgehead atoms. The van der Waals surface area contributed by atoms with Crippen molar-refractivity contribution >= 4 is 40.2 Å². The number of amidine groups is 2. The first-order valence-corrected chi connectivity index (χ1v) is 22.7. The highest BCUT2D eigenvalue weighted by Crippen LogP contribution is 2.48. The molecule has 68 heavy (non-hydrogen) atoms. The van der Waals surface area contributed by atoms with E-state index in [1.165, 1.54) is 18.3 Å². The summed E-state index contributed by atoms with van der Waals surface area (Å²) >= 11 is 3.57. The Kier molecular flexibility index (Phi) is 12.4. The smallest absolute Gasteiger partial charge is 0.399 e. The molecule has 1 saturated heterocycles. The number of rotatable bonds is 6. The van der Waals surface area contributed by atoms with Gasteiger partial charge in [-0.2, -0.15) is 0 Å². The fraction of sp³-hybridized carbons (Fsp3) is 0.148. The molecule has 4 aromatic carbocycles. The van der Waals surface area contributed by atoms with E-state index in [1.54, 1.807) is 37.2 Å². The van der Waals surface area contributed by atoms with E-state index < -0.39 is 29.4 Å². The van der Waals surface area contributed by atoms with Crippen LogP contribution in [-0.2, 0) is 20.4 Å². The molecule has 8 aromatic rings. The third kappa shape index (κ3) is 8.51. The predicted molar refractivity (Wildman–Crippen MR) is 268 cm³/mol. The molecule has 2 unspecified atom stereocenters. The van der Waals surface area contributed by atoms with Gasteiger partial charge in [0.25, 0.3) is 0 Å². The summed E-state index contributed by atoms with van der Waals surface area (Å²) < 4.78 is 39.3. The zero-order valence-electron chi connectivity index (χ0n) is 37.7. The number of halogens is 3. The summed E-state index contributed by atoms with van der Waals surface area (Å²) in [4.78, 5) is 25.9. The van der Waals surface area contributed by atoms with E-state index in [0.717, 1.165) is 60.7 Å². The van der Waals surface area contributed by atoms with E-state index in [0.29, 0.717) is 22.7 Å². The maximum atomic E-state index is 13.7. The van der Waals surface area contributed by atoms with E-state index in [2.05, 4.69) is 60.1 Å². The molecular weight excluding hydrogens is 921 g/mol. The summed E-state index contributed by atoms with van der Waals surface area (Å²) in [7, 11) is -0.548. The van der Waals surface area contributed by atoms with E-state index in [1.807, 2.05) is 125 Å². The number of aromatic nitrogens is 4. The van der Waals surface area contributed by atoms with Gasteiger partial charge in [-0.15, -0.1) is 0 Å². The first-order chi connectivity index (χ1) is 32.7. The summed E-state index contributed by atoms with van der Waals surface area (Å²) in [6.45, 7) is 7.83. The normalized spacial score (nSPS) is 19.3. The van der Waals surface area contributed by atoms with Crippen LogP contribution in [0, 0.1) is 11.6 Å². The summed E-state index contributed by atoms with van der Waals surface area (Å²) in [6.07, 6.45) is 12.7. The maximum Gasteiger partial charge on any atom is 0.496 e. The highest BCUT2D eigenvalue weighted by molar-refractivity contribution is 9.10. The van der Waals surface area contributed by atoms with Crippen LogP contribution in [0.3, 0.4) is 0 Å². The quantitative estimate of drug-likeness (QED) is 0.157. The van der Waals surface area contributed by atoms with Crippen LogP contribution in [0.5, 0.6) is 0 Å². The Labute approximate surface area is 404 Å². The van der Waals surface area contributed by atoms with Gasteiger partial charge in [0.2, 0.25) is 0 Å². The van der Waals surface area contributed by atoms with Gasteiger partial charge in [-0.05, 0) is 121 Å². The van der Waals surface area contributed by atoms with E-state index >= 15 is 0 Å². The van der Waals surface area contributed by atoms with Crippen molar-refractivity contribution in [3.63, 3.8) is 0 Å².